The standard InChI is InChI=1S/C14H27N3O/c1-10(2)12-5-4-8-17(12)9-14(3,13(15)18)16-11-6-7-11/h10-12,16H,4-9H2,1-3H3,(H2,15,18). The summed E-state index contributed by atoms with van der Waals surface area (Å²) in [4.78, 5) is 14.2. The summed E-state index contributed by atoms with van der Waals surface area (Å²) in [6, 6.07) is 1.10. The van der Waals surface area contributed by atoms with E-state index in [0.717, 1.165) is 13.1 Å². The van der Waals surface area contributed by atoms with E-state index in [2.05, 4.69) is 24.1 Å². The molecule has 1 heterocycles. The Balaban J connectivity index is 2.01. The first-order valence-electron chi connectivity index (χ1n) is 7.24. The number of carbonyl (C=O) groups is 1. The molecule has 0 aromatic carbocycles. The average molecular weight is 253 g/mol. The van der Waals surface area contributed by atoms with Crippen LogP contribution in [0.15, 0.2) is 0 Å². The topological polar surface area (TPSA) is 58.4 Å². The fourth-order valence-electron chi connectivity index (χ4n) is 3.08. The van der Waals surface area contributed by atoms with E-state index in [0.29, 0.717) is 18.0 Å². The van der Waals surface area contributed by atoms with Crippen molar-refractivity contribution >= 4 is 5.91 Å². The Hall–Kier alpha value is -0.610. The maximum absolute atomic E-state index is 11.8. The summed E-state index contributed by atoms with van der Waals surface area (Å²) in [6.45, 7) is 8.33. The third-order valence-corrected chi connectivity index (χ3v) is 4.35. The lowest BCUT2D eigenvalue weighted by atomic mass is 9.97. The van der Waals surface area contributed by atoms with Crippen molar-refractivity contribution in [3.63, 3.8) is 0 Å². The third-order valence-electron chi connectivity index (χ3n) is 4.35. The molecule has 0 bridgehead atoms. The number of carbonyl (C=O) groups excluding carboxylic acids is 1. The van der Waals surface area contributed by atoms with Crippen LogP contribution in [0.4, 0.5) is 0 Å². The Labute approximate surface area is 110 Å². The molecule has 1 aliphatic heterocycles. The SMILES string of the molecule is CC(C)C1CCCN1CC(C)(NC1CC1)C(N)=O. The Morgan fingerprint density at radius 2 is 2.11 bits per heavy atom. The van der Waals surface area contributed by atoms with Gasteiger partial charge in [-0.2, -0.15) is 0 Å². The number of nitrogens with two attached hydrogens (primary N) is 1. The maximum Gasteiger partial charge on any atom is 0.238 e. The Morgan fingerprint density at radius 3 is 2.61 bits per heavy atom. The largest absolute Gasteiger partial charge is 0.368 e. The maximum atomic E-state index is 11.8. The molecule has 1 aliphatic carbocycles. The van der Waals surface area contributed by atoms with Crippen molar-refractivity contribution in [1.82, 2.24) is 10.2 Å². The van der Waals surface area contributed by atoms with E-state index in [-0.39, 0.29) is 5.91 Å². The van der Waals surface area contributed by atoms with Gasteiger partial charge in [0.1, 0.15) is 5.54 Å². The van der Waals surface area contributed by atoms with E-state index in [1.54, 1.807) is 0 Å². The molecule has 4 nitrogen and oxygen atoms in total. The van der Waals surface area contributed by atoms with Crippen LogP contribution in [0.25, 0.3) is 0 Å². The molecule has 2 atom stereocenters. The highest BCUT2D eigenvalue weighted by Crippen LogP contribution is 2.28. The highest BCUT2D eigenvalue weighted by molar-refractivity contribution is 5.84. The second-order valence-corrected chi connectivity index (χ2v) is 6.54. The van der Waals surface area contributed by atoms with Gasteiger partial charge in [-0.15, -0.1) is 0 Å². The van der Waals surface area contributed by atoms with Gasteiger partial charge < -0.3 is 5.73 Å². The first kappa shape index (κ1) is 13.8. The van der Waals surface area contributed by atoms with Gasteiger partial charge in [0.25, 0.3) is 0 Å². The zero-order valence-electron chi connectivity index (χ0n) is 11.9. The van der Waals surface area contributed by atoms with Crippen LogP contribution in [-0.2, 0) is 4.79 Å². The molecule has 2 fully saturated rings. The Kier molecular flexibility index (Phi) is 3.97. The zero-order valence-corrected chi connectivity index (χ0v) is 11.9. The fourth-order valence-corrected chi connectivity index (χ4v) is 3.08. The van der Waals surface area contributed by atoms with Crippen molar-refractivity contribution in [3.05, 3.63) is 0 Å². The molecule has 1 saturated heterocycles. The molecule has 0 aromatic heterocycles. The highest BCUT2D eigenvalue weighted by Gasteiger charge is 2.40. The summed E-state index contributed by atoms with van der Waals surface area (Å²) >= 11 is 0. The lowest BCUT2D eigenvalue weighted by Crippen LogP contribution is -2.61. The molecular weight excluding hydrogens is 226 g/mol. The Bertz CT molecular complexity index is 314. The number of hydrogen-bond donors (Lipinski definition) is 2. The monoisotopic (exact) mass is 253 g/mol. The molecule has 2 unspecified atom stereocenters. The second kappa shape index (κ2) is 5.17. The lowest BCUT2D eigenvalue weighted by molar-refractivity contribution is -0.124. The summed E-state index contributed by atoms with van der Waals surface area (Å²) in [5.74, 6) is 0.425. The molecule has 0 spiro atoms. The summed E-state index contributed by atoms with van der Waals surface area (Å²) in [6.07, 6.45) is 4.84. The molecule has 18 heavy (non-hydrogen) atoms. The number of hydrogen-bond acceptors (Lipinski definition) is 3. The summed E-state index contributed by atoms with van der Waals surface area (Å²) in [5.41, 5.74) is 5.05. The van der Waals surface area contributed by atoms with Gasteiger partial charge in [-0.25, -0.2) is 0 Å². The number of nitrogens with one attached hydrogen (secondary N) is 1. The average Bonchev–Trinajstić information content (AvgIpc) is 2.94. The van der Waals surface area contributed by atoms with Crippen molar-refractivity contribution in [3.8, 4) is 0 Å². The quantitative estimate of drug-likeness (QED) is 0.745. The molecule has 1 amide bonds. The van der Waals surface area contributed by atoms with E-state index in [9.17, 15) is 4.79 Å². The highest BCUT2D eigenvalue weighted by atomic mass is 16.1. The molecule has 2 aliphatic rings. The van der Waals surface area contributed by atoms with Gasteiger partial charge in [0, 0.05) is 18.6 Å². The fraction of sp³-hybridized carbons (Fsp3) is 0.929. The van der Waals surface area contributed by atoms with Crippen LogP contribution in [-0.4, -0.2) is 41.5 Å². The molecule has 1 saturated carbocycles. The molecule has 4 heteroatoms. The van der Waals surface area contributed by atoms with Crippen LogP contribution in [0, 0.1) is 5.92 Å². The van der Waals surface area contributed by atoms with Gasteiger partial charge in [0.15, 0.2) is 0 Å². The second-order valence-electron chi connectivity index (χ2n) is 6.54. The minimum Gasteiger partial charge on any atom is -0.368 e. The lowest BCUT2D eigenvalue weighted by Gasteiger charge is -2.36. The van der Waals surface area contributed by atoms with Gasteiger partial charge in [-0.3, -0.25) is 15.0 Å². The van der Waals surface area contributed by atoms with Crippen LogP contribution < -0.4 is 11.1 Å². The van der Waals surface area contributed by atoms with Crippen molar-refractivity contribution < 1.29 is 4.79 Å². The van der Waals surface area contributed by atoms with Gasteiger partial charge in [0.05, 0.1) is 0 Å². The van der Waals surface area contributed by atoms with Crippen LogP contribution in [0.1, 0.15) is 46.5 Å². The van der Waals surface area contributed by atoms with Crippen LogP contribution >= 0.6 is 0 Å². The smallest absolute Gasteiger partial charge is 0.238 e. The summed E-state index contributed by atoms with van der Waals surface area (Å²) in [7, 11) is 0. The number of rotatable bonds is 6. The summed E-state index contributed by atoms with van der Waals surface area (Å²) in [5, 5.41) is 3.44. The number of primary amides is 1. The number of nitrogens with zero attached hydrogens (tertiary/aromatic N) is 1. The van der Waals surface area contributed by atoms with E-state index in [4.69, 9.17) is 5.73 Å². The predicted octanol–water partition coefficient (Wildman–Crippen LogP) is 1.10. The van der Waals surface area contributed by atoms with Crippen molar-refractivity contribution in [2.24, 2.45) is 11.7 Å². The van der Waals surface area contributed by atoms with E-state index in [1.807, 2.05) is 6.92 Å². The van der Waals surface area contributed by atoms with Gasteiger partial charge in [0.2, 0.25) is 5.91 Å². The number of likely N-dealkylation sites (tertiary alicyclic amines) is 1. The van der Waals surface area contributed by atoms with Gasteiger partial charge in [-0.05, 0) is 45.1 Å². The summed E-state index contributed by atoms with van der Waals surface area (Å²) < 4.78 is 0. The molecular formula is C14H27N3O. The zero-order chi connectivity index (χ0) is 13.3. The van der Waals surface area contributed by atoms with Crippen molar-refractivity contribution in [2.75, 3.05) is 13.1 Å². The minimum absolute atomic E-state index is 0.219. The predicted molar refractivity (Wildman–Crippen MR) is 73.2 cm³/mol. The normalized spacial score (nSPS) is 28.6. The third kappa shape index (κ3) is 3.04. The van der Waals surface area contributed by atoms with Gasteiger partial charge in [-0.1, -0.05) is 13.8 Å². The first-order valence-corrected chi connectivity index (χ1v) is 7.24. The molecule has 2 rings (SSSR count). The molecule has 3 N–H and O–H groups in total. The van der Waals surface area contributed by atoms with Crippen LogP contribution in [0.3, 0.4) is 0 Å². The minimum atomic E-state index is -0.571. The van der Waals surface area contributed by atoms with Crippen molar-refractivity contribution in [2.45, 2.75) is 64.1 Å². The van der Waals surface area contributed by atoms with E-state index in [1.165, 1.54) is 25.7 Å². The van der Waals surface area contributed by atoms with Crippen LogP contribution in [0.5, 0.6) is 0 Å². The van der Waals surface area contributed by atoms with Gasteiger partial charge >= 0.3 is 0 Å². The van der Waals surface area contributed by atoms with Crippen molar-refractivity contribution in [1.29, 1.82) is 0 Å². The first-order chi connectivity index (χ1) is 8.42. The Morgan fingerprint density at radius 1 is 1.44 bits per heavy atom. The van der Waals surface area contributed by atoms with E-state index >= 15 is 0 Å². The molecule has 0 radical (unpaired) electrons. The number of amides is 1. The molecule has 104 valence electrons. The van der Waals surface area contributed by atoms with Crippen LogP contribution in [0.2, 0.25) is 0 Å². The van der Waals surface area contributed by atoms with E-state index < -0.39 is 5.54 Å². The molecule has 0 aromatic rings.